The number of nitrogens with zero attached hydrogens (tertiary/aromatic N) is 1. The van der Waals surface area contributed by atoms with Gasteiger partial charge in [0.05, 0.1) is 11.1 Å². The Hall–Kier alpha value is -0.850. The van der Waals surface area contributed by atoms with Crippen LogP contribution in [0.3, 0.4) is 0 Å². The van der Waals surface area contributed by atoms with Crippen LogP contribution in [0.25, 0.3) is 10.2 Å². The summed E-state index contributed by atoms with van der Waals surface area (Å²) in [5.74, 6) is 2.75. The minimum absolute atomic E-state index is 0.0356. The molecule has 0 unspecified atom stereocenters. The summed E-state index contributed by atoms with van der Waals surface area (Å²) < 4.78 is 0. The molecule has 0 aliphatic rings. The first-order chi connectivity index (χ1) is 8.61. The normalized spacial score (nSPS) is 11.6. The highest BCUT2D eigenvalue weighted by atomic mass is 32.2. The van der Waals surface area contributed by atoms with Crippen LogP contribution in [-0.2, 0) is 5.75 Å². The van der Waals surface area contributed by atoms with E-state index < -0.39 is 0 Å². The summed E-state index contributed by atoms with van der Waals surface area (Å²) in [4.78, 5) is 21.3. The third-order valence-corrected chi connectivity index (χ3v) is 4.87. The van der Waals surface area contributed by atoms with E-state index in [2.05, 4.69) is 23.8 Å². The highest BCUT2D eigenvalue weighted by molar-refractivity contribution is 7.98. The average Bonchev–Trinajstić information content (AvgIpc) is 2.74. The first kappa shape index (κ1) is 13.6. The predicted octanol–water partition coefficient (Wildman–Crippen LogP) is 2.30. The lowest BCUT2D eigenvalue weighted by atomic mass is 10.2. The molecule has 98 valence electrons. The molecule has 0 saturated heterocycles. The van der Waals surface area contributed by atoms with Crippen LogP contribution >= 0.6 is 23.1 Å². The summed E-state index contributed by atoms with van der Waals surface area (Å²) in [6.45, 7) is 4.89. The molecule has 2 rings (SSSR count). The summed E-state index contributed by atoms with van der Waals surface area (Å²) in [6, 6.07) is 1.95. The van der Waals surface area contributed by atoms with Crippen LogP contribution in [-0.4, -0.2) is 22.3 Å². The van der Waals surface area contributed by atoms with Crippen molar-refractivity contribution in [3.8, 4) is 0 Å². The molecule has 0 atom stereocenters. The fourth-order valence-electron chi connectivity index (χ4n) is 1.60. The third-order valence-electron chi connectivity index (χ3n) is 2.54. The molecule has 0 aliphatic carbocycles. The van der Waals surface area contributed by atoms with E-state index in [0.717, 1.165) is 16.4 Å². The lowest BCUT2D eigenvalue weighted by Crippen LogP contribution is -2.10. The Kier molecular flexibility index (Phi) is 4.42. The Morgan fingerprint density at radius 2 is 2.33 bits per heavy atom. The van der Waals surface area contributed by atoms with Gasteiger partial charge in [0.15, 0.2) is 0 Å². The Balaban J connectivity index is 2.33. The summed E-state index contributed by atoms with van der Waals surface area (Å²) in [5, 5.41) is 0.705. The van der Waals surface area contributed by atoms with Crippen molar-refractivity contribution >= 4 is 33.3 Å². The third kappa shape index (κ3) is 2.93. The number of rotatable bonds is 5. The molecule has 2 aromatic heterocycles. The second kappa shape index (κ2) is 5.86. The Bertz CT molecular complexity index is 589. The van der Waals surface area contributed by atoms with Gasteiger partial charge in [-0.15, -0.1) is 11.3 Å². The molecule has 18 heavy (non-hydrogen) atoms. The van der Waals surface area contributed by atoms with Gasteiger partial charge in [0.25, 0.3) is 5.56 Å². The summed E-state index contributed by atoms with van der Waals surface area (Å²) >= 11 is 3.29. The molecule has 0 amide bonds. The first-order valence-electron chi connectivity index (χ1n) is 5.92. The largest absolute Gasteiger partial charge is 0.330 e. The van der Waals surface area contributed by atoms with E-state index in [1.165, 1.54) is 4.88 Å². The average molecular weight is 283 g/mol. The van der Waals surface area contributed by atoms with E-state index in [9.17, 15) is 4.79 Å². The van der Waals surface area contributed by atoms with Crippen LogP contribution in [0.2, 0.25) is 0 Å². The van der Waals surface area contributed by atoms with Crippen molar-refractivity contribution < 1.29 is 0 Å². The quantitative estimate of drug-likeness (QED) is 0.826. The molecule has 3 N–H and O–H groups in total. The number of hydrogen-bond acceptors (Lipinski definition) is 5. The van der Waals surface area contributed by atoms with E-state index in [-0.39, 0.29) is 5.56 Å². The molecule has 2 aromatic rings. The number of aromatic nitrogens is 2. The highest BCUT2D eigenvalue weighted by Crippen LogP contribution is 2.27. The standard InChI is InChI=1S/C12H17N3OS2/c1-7(2)9-5-8-11(16)14-10(6-17-4-3-13)15-12(8)18-9/h5,7H,3-4,6,13H2,1-2H3,(H,14,15,16). The number of aromatic amines is 1. The van der Waals surface area contributed by atoms with Crippen molar-refractivity contribution in [1.29, 1.82) is 0 Å². The van der Waals surface area contributed by atoms with E-state index in [0.29, 0.717) is 23.6 Å². The van der Waals surface area contributed by atoms with Crippen molar-refractivity contribution in [2.45, 2.75) is 25.5 Å². The molecule has 4 nitrogen and oxygen atoms in total. The molecule has 0 aromatic carbocycles. The van der Waals surface area contributed by atoms with Gasteiger partial charge in [0, 0.05) is 17.2 Å². The van der Waals surface area contributed by atoms with Gasteiger partial charge in [-0.3, -0.25) is 4.79 Å². The highest BCUT2D eigenvalue weighted by Gasteiger charge is 2.10. The minimum atomic E-state index is -0.0356. The van der Waals surface area contributed by atoms with Gasteiger partial charge >= 0.3 is 0 Å². The first-order valence-corrected chi connectivity index (χ1v) is 7.89. The van der Waals surface area contributed by atoms with Crippen molar-refractivity contribution in [1.82, 2.24) is 9.97 Å². The van der Waals surface area contributed by atoms with Gasteiger partial charge in [-0.2, -0.15) is 11.8 Å². The van der Waals surface area contributed by atoms with Gasteiger partial charge in [0.1, 0.15) is 10.7 Å². The topological polar surface area (TPSA) is 71.8 Å². The van der Waals surface area contributed by atoms with Crippen LogP contribution in [0.4, 0.5) is 0 Å². The van der Waals surface area contributed by atoms with E-state index in [1.54, 1.807) is 23.1 Å². The summed E-state index contributed by atoms with van der Waals surface area (Å²) in [6.07, 6.45) is 0. The number of hydrogen-bond donors (Lipinski definition) is 2. The zero-order valence-corrected chi connectivity index (χ0v) is 12.2. The maximum atomic E-state index is 11.9. The van der Waals surface area contributed by atoms with Crippen LogP contribution in [0.1, 0.15) is 30.5 Å². The zero-order chi connectivity index (χ0) is 13.1. The van der Waals surface area contributed by atoms with Gasteiger partial charge in [0.2, 0.25) is 0 Å². The summed E-state index contributed by atoms with van der Waals surface area (Å²) in [7, 11) is 0. The molecular weight excluding hydrogens is 266 g/mol. The fourth-order valence-corrected chi connectivity index (χ4v) is 3.29. The number of thioether (sulfide) groups is 1. The van der Waals surface area contributed by atoms with Crippen molar-refractivity contribution in [2.24, 2.45) is 5.73 Å². The molecule has 2 heterocycles. The fraction of sp³-hybridized carbons (Fsp3) is 0.500. The maximum Gasteiger partial charge on any atom is 0.259 e. The van der Waals surface area contributed by atoms with Crippen LogP contribution in [0.15, 0.2) is 10.9 Å². The van der Waals surface area contributed by atoms with Gasteiger partial charge < -0.3 is 10.7 Å². The van der Waals surface area contributed by atoms with Crippen molar-refractivity contribution in [3.05, 3.63) is 27.1 Å². The lowest BCUT2D eigenvalue weighted by molar-refractivity contribution is 0.890. The SMILES string of the molecule is CC(C)c1cc2c(=O)[nH]c(CSCCN)nc2s1. The summed E-state index contributed by atoms with van der Waals surface area (Å²) in [5.41, 5.74) is 5.40. The van der Waals surface area contributed by atoms with Crippen molar-refractivity contribution in [2.75, 3.05) is 12.3 Å². The Morgan fingerprint density at radius 3 is 3.00 bits per heavy atom. The molecule has 0 saturated carbocycles. The van der Waals surface area contributed by atoms with Crippen molar-refractivity contribution in [3.63, 3.8) is 0 Å². The molecular formula is C12H17N3OS2. The number of nitrogens with one attached hydrogen (secondary N) is 1. The Labute approximate surface area is 114 Å². The Morgan fingerprint density at radius 1 is 1.56 bits per heavy atom. The van der Waals surface area contributed by atoms with Gasteiger partial charge in [-0.05, 0) is 12.0 Å². The zero-order valence-electron chi connectivity index (χ0n) is 10.5. The van der Waals surface area contributed by atoms with Crippen LogP contribution in [0.5, 0.6) is 0 Å². The molecule has 6 heteroatoms. The second-order valence-electron chi connectivity index (χ2n) is 4.38. The van der Waals surface area contributed by atoms with Gasteiger partial charge in [-0.1, -0.05) is 13.8 Å². The van der Waals surface area contributed by atoms with Crippen LogP contribution < -0.4 is 11.3 Å². The minimum Gasteiger partial charge on any atom is -0.330 e. The van der Waals surface area contributed by atoms with Gasteiger partial charge in [-0.25, -0.2) is 4.98 Å². The molecule has 0 fully saturated rings. The monoisotopic (exact) mass is 283 g/mol. The molecule has 0 aliphatic heterocycles. The number of fused-ring (bicyclic) bond motifs is 1. The molecule has 0 bridgehead atoms. The van der Waals surface area contributed by atoms with E-state index >= 15 is 0 Å². The number of nitrogens with two attached hydrogens (primary N) is 1. The van der Waals surface area contributed by atoms with E-state index in [1.807, 2.05) is 6.07 Å². The predicted molar refractivity (Wildman–Crippen MR) is 79.5 cm³/mol. The maximum absolute atomic E-state index is 11.9. The van der Waals surface area contributed by atoms with E-state index in [4.69, 9.17) is 5.73 Å². The number of H-pyrrole nitrogens is 1. The lowest BCUT2D eigenvalue weighted by Gasteiger charge is -1.99. The number of thiophene rings is 1. The van der Waals surface area contributed by atoms with Crippen LogP contribution in [0, 0.1) is 0 Å². The molecule has 0 spiro atoms. The second-order valence-corrected chi connectivity index (χ2v) is 6.54. The molecule has 0 radical (unpaired) electrons. The smallest absolute Gasteiger partial charge is 0.259 e.